The van der Waals surface area contributed by atoms with Gasteiger partial charge in [-0.1, -0.05) is 40.6 Å². The van der Waals surface area contributed by atoms with E-state index in [0.717, 1.165) is 5.56 Å². The molecule has 0 aliphatic heterocycles. The van der Waals surface area contributed by atoms with Gasteiger partial charge in [0.1, 0.15) is 11.5 Å². The van der Waals surface area contributed by atoms with Gasteiger partial charge in [-0.3, -0.25) is 14.8 Å². The molecule has 0 atom stereocenters. The van der Waals surface area contributed by atoms with Gasteiger partial charge < -0.3 is 9.47 Å². The predicted molar refractivity (Wildman–Crippen MR) is 134 cm³/mol. The SMILES string of the molecule is COc1ccc(Oc2ccc(Cl)cc2NS(=O)(=O)c2nnc(NC(=O)c3ccc(C)cc3)s2)cc1. The number of aryl methyl sites for hydroxylation is 1. The second kappa shape index (κ2) is 10.3. The van der Waals surface area contributed by atoms with Gasteiger partial charge in [0, 0.05) is 10.6 Å². The average Bonchev–Trinajstić information content (AvgIpc) is 3.31. The number of ether oxygens (including phenoxy) is 2. The van der Waals surface area contributed by atoms with Crippen molar-refractivity contribution >= 4 is 49.7 Å². The molecule has 180 valence electrons. The van der Waals surface area contributed by atoms with E-state index in [1.165, 1.54) is 12.1 Å². The minimum absolute atomic E-state index is 0.0387. The molecule has 0 spiro atoms. The molecule has 0 saturated heterocycles. The Morgan fingerprint density at radius 2 is 1.66 bits per heavy atom. The normalized spacial score (nSPS) is 11.1. The molecule has 0 aliphatic carbocycles. The van der Waals surface area contributed by atoms with Crippen LogP contribution in [0.3, 0.4) is 0 Å². The van der Waals surface area contributed by atoms with Gasteiger partial charge in [0.05, 0.1) is 12.8 Å². The van der Waals surface area contributed by atoms with Crippen molar-refractivity contribution in [3.05, 3.63) is 82.9 Å². The van der Waals surface area contributed by atoms with Crippen LogP contribution >= 0.6 is 22.9 Å². The van der Waals surface area contributed by atoms with Crippen LogP contribution < -0.4 is 19.5 Å². The third-order valence-electron chi connectivity index (χ3n) is 4.64. The van der Waals surface area contributed by atoms with Gasteiger partial charge in [0.15, 0.2) is 5.75 Å². The Balaban J connectivity index is 1.52. The molecule has 2 N–H and O–H groups in total. The number of benzene rings is 3. The summed E-state index contributed by atoms with van der Waals surface area (Å²) in [5.41, 5.74) is 1.52. The number of carbonyl (C=O) groups excluding carboxylic acids is 1. The van der Waals surface area contributed by atoms with Crippen molar-refractivity contribution in [1.29, 1.82) is 0 Å². The lowest BCUT2D eigenvalue weighted by Crippen LogP contribution is -2.13. The third-order valence-corrected chi connectivity index (χ3v) is 7.45. The largest absolute Gasteiger partial charge is 0.497 e. The molecule has 0 radical (unpaired) electrons. The van der Waals surface area contributed by atoms with E-state index in [1.54, 1.807) is 61.7 Å². The van der Waals surface area contributed by atoms with Gasteiger partial charge in [-0.2, -0.15) is 8.42 Å². The van der Waals surface area contributed by atoms with E-state index in [9.17, 15) is 13.2 Å². The summed E-state index contributed by atoms with van der Waals surface area (Å²) in [6, 6.07) is 18.2. The number of aromatic nitrogens is 2. The van der Waals surface area contributed by atoms with E-state index in [2.05, 4.69) is 20.2 Å². The van der Waals surface area contributed by atoms with Crippen LogP contribution in [0.1, 0.15) is 15.9 Å². The van der Waals surface area contributed by atoms with Crippen molar-refractivity contribution in [2.45, 2.75) is 11.3 Å². The molecular formula is C23H19ClN4O5S2. The van der Waals surface area contributed by atoms with Crippen molar-refractivity contribution in [3.8, 4) is 17.2 Å². The quantitative estimate of drug-likeness (QED) is 0.294. The minimum Gasteiger partial charge on any atom is -0.497 e. The number of carbonyl (C=O) groups is 1. The molecule has 4 aromatic rings. The Morgan fingerprint density at radius 3 is 2.34 bits per heavy atom. The van der Waals surface area contributed by atoms with Crippen LogP contribution in [0.25, 0.3) is 0 Å². The maximum Gasteiger partial charge on any atom is 0.291 e. The molecular weight excluding hydrogens is 512 g/mol. The van der Waals surface area contributed by atoms with Gasteiger partial charge in [0.2, 0.25) is 5.13 Å². The number of anilines is 2. The third kappa shape index (κ3) is 6.07. The maximum atomic E-state index is 13.0. The molecule has 0 bridgehead atoms. The summed E-state index contributed by atoms with van der Waals surface area (Å²) in [6.07, 6.45) is 0. The molecule has 12 heteroatoms. The van der Waals surface area contributed by atoms with Crippen LogP contribution in [0.2, 0.25) is 5.02 Å². The first kappa shape index (κ1) is 24.5. The first-order valence-electron chi connectivity index (χ1n) is 10.1. The molecule has 0 unspecified atom stereocenters. The number of methoxy groups -OCH3 is 1. The Hall–Kier alpha value is -3.67. The van der Waals surface area contributed by atoms with Crippen molar-refractivity contribution in [2.24, 2.45) is 0 Å². The van der Waals surface area contributed by atoms with Gasteiger partial charge >= 0.3 is 0 Å². The van der Waals surface area contributed by atoms with E-state index in [1.807, 2.05) is 6.92 Å². The molecule has 1 amide bonds. The highest BCUT2D eigenvalue weighted by Gasteiger charge is 2.23. The summed E-state index contributed by atoms with van der Waals surface area (Å²) < 4.78 is 39.0. The number of hydrogen-bond donors (Lipinski definition) is 2. The van der Waals surface area contributed by atoms with E-state index in [0.29, 0.717) is 33.4 Å². The first-order chi connectivity index (χ1) is 16.7. The Kier molecular flexibility index (Phi) is 7.20. The summed E-state index contributed by atoms with van der Waals surface area (Å²) >= 11 is 6.79. The van der Waals surface area contributed by atoms with Crippen LogP contribution in [0.15, 0.2) is 71.1 Å². The molecule has 4 rings (SSSR count). The second-order valence-electron chi connectivity index (χ2n) is 7.22. The number of amides is 1. The zero-order chi connectivity index (χ0) is 25.0. The van der Waals surface area contributed by atoms with E-state index >= 15 is 0 Å². The van der Waals surface area contributed by atoms with Crippen LogP contribution in [0.4, 0.5) is 10.8 Å². The average molecular weight is 531 g/mol. The maximum absolute atomic E-state index is 13.0. The number of hydrogen-bond acceptors (Lipinski definition) is 8. The van der Waals surface area contributed by atoms with Crippen molar-refractivity contribution in [3.63, 3.8) is 0 Å². The lowest BCUT2D eigenvalue weighted by molar-refractivity contribution is 0.102. The Morgan fingerprint density at radius 1 is 0.971 bits per heavy atom. The highest BCUT2D eigenvalue weighted by Crippen LogP contribution is 2.34. The summed E-state index contributed by atoms with van der Waals surface area (Å²) in [5, 5.41) is 10.4. The number of nitrogens with zero attached hydrogens (tertiary/aromatic N) is 2. The molecule has 35 heavy (non-hydrogen) atoms. The van der Waals surface area contributed by atoms with Gasteiger partial charge in [-0.15, -0.1) is 10.2 Å². The van der Waals surface area contributed by atoms with Crippen LogP contribution in [-0.4, -0.2) is 31.6 Å². The zero-order valence-electron chi connectivity index (χ0n) is 18.5. The molecule has 1 heterocycles. The van der Waals surface area contributed by atoms with E-state index in [-0.39, 0.29) is 20.9 Å². The summed E-state index contributed by atoms with van der Waals surface area (Å²) in [4.78, 5) is 12.4. The van der Waals surface area contributed by atoms with Crippen molar-refractivity contribution in [2.75, 3.05) is 17.1 Å². The van der Waals surface area contributed by atoms with E-state index < -0.39 is 15.9 Å². The standard InChI is InChI=1S/C23H19ClN4O5S2/c1-14-3-5-15(6-4-14)21(29)25-22-26-27-23(34-22)35(30,31)28-19-13-16(24)7-12-20(19)33-18-10-8-17(32-2)9-11-18/h3-13,28H,1-2H3,(H,25,26,29). The zero-order valence-corrected chi connectivity index (χ0v) is 20.9. The number of nitrogens with one attached hydrogen (secondary N) is 2. The molecule has 0 fully saturated rings. The van der Waals surface area contributed by atoms with Gasteiger partial charge in [-0.05, 0) is 61.5 Å². The van der Waals surface area contributed by atoms with Gasteiger partial charge in [-0.25, -0.2) is 0 Å². The van der Waals surface area contributed by atoms with Crippen LogP contribution in [0.5, 0.6) is 17.2 Å². The monoisotopic (exact) mass is 530 g/mol. The van der Waals surface area contributed by atoms with Crippen molar-refractivity contribution in [1.82, 2.24) is 10.2 Å². The molecule has 1 aromatic heterocycles. The fourth-order valence-corrected chi connectivity index (χ4v) is 5.00. The lowest BCUT2D eigenvalue weighted by Gasteiger charge is -2.13. The van der Waals surface area contributed by atoms with Crippen molar-refractivity contribution < 1.29 is 22.7 Å². The molecule has 3 aromatic carbocycles. The smallest absolute Gasteiger partial charge is 0.291 e. The minimum atomic E-state index is -4.16. The number of rotatable bonds is 8. The fourth-order valence-electron chi connectivity index (χ4n) is 2.87. The fraction of sp³-hybridized carbons (Fsp3) is 0.0870. The summed E-state index contributed by atoms with van der Waals surface area (Å²) in [6.45, 7) is 1.91. The molecule has 9 nitrogen and oxygen atoms in total. The lowest BCUT2D eigenvalue weighted by atomic mass is 10.1. The predicted octanol–water partition coefficient (Wildman–Crippen LogP) is 5.35. The Bertz CT molecular complexity index is 1460. The van der Waals surface area contributed by atoms with E-state index in [4.69, 9.17) is 21.1 Å². The summed E-state index contributed by atoms with van der Waals surface area (Å²) in [5.74, 6) is 0.908. The Labute approximate surface area is 210 Å². The highest BCUT2D eigenvalue weighted by molar-refractivity contribution is 7.94. The summed E-state index contributed by atoms with van der Waals surface area (Å²) in [7, 11) is -2.61. The number of halogens is 1. The van der Waals surface area contributed by atoms with Crippen LogP contribution in [0, 0.1) is 6.92 Å². The van der Waals surface area contributed by atoms with Gasteiger partial charge in [0.25, 0.3) is 20.3 Å². The topological polar surface area (TPSA) is 120 Å². The molecule has 0 saturated carbocycles. The molecule has 0 aliphatic rings. The first-order valence-corrected chi connectivity index (χ1v) is 12.8. The highest BCUT2D eigenvalue weighted by atomic mass is 35.5. The number of sulfonamides is 1. The second-order valence-corrected chi connectivity index (χ2v) is 10.5. The van der Waals surface area contributed by atoms with Crippen LogP contribution in [-0.2, 0) is 10.0 Å².